The van der Waals surface area contributed by atoms with E-state index in [-0.39, 0.29) is 22.6 Å². The van der Waals surface area contributed by atoms with Crippen molar-refractivity contribution in [2.75, 3.05) is 0 Å². The minimum atomic E-state index is -4.27. The summed E-state index contributed by atoms with van der Waals surface area (Å²) in [7, 11) is 0. The monoisotopic (exact) mass is 318 g/mol. The van der Waals surface area contributed by atoms with E-state index in [4.69, 9.17) is 0 Å². The zero-order chi connectivity index (χ0) is 15.5. The molecular weight excluding hydrogens is 297 g/mol. The Balaban J connectivity index is 2.00. The van der Waals surface area contributed by atoms with Crippen LogP contribution in [0.15, 0.2) is 29.2 Å². The zero-order valence-corrected chi connectivity index (χ0v) is 12.9. The molecule has 118 valence electrons. The van der Waals surface area contributed by atoms with Gasteiger partial charge in [0.15, 0.2) is 0 Å². The van der Waals surface area contributed by atoms with Gasteiger partial charge in [-0.15, -0.1) is 0 Å². The zero-order valence-electron chi connectivity index (χ0n) is 12.1. The maximum Gasteiger partial charge on any atom is 0.446 e. The number of rotatable bonds is 4. The summed E-state index contributed by atoms with van der Waals surface area (Å²) in [6, 6.07) is 6.12. The van der Waals surface area contributed by atoms with Crippen LogP contribution in [0.5, 0.6) is 0 Å². The molecule has 5 heteroatoms. The molecule has 0 aromatic heterocycles. The average molecular weight is 318 g/mol. The van der Waals surface area contributed by atoms with Crippen LogP contribution in [0.3, 0.4) is 0 Å². The molecule has 0 heterocycles. The van der Waals surface area contributed by atoms with E-state index in [1.807, 2.05) is 0 Å². The number of benzene rings is 1. The predicted octanol–water partition coefficient (Wildman–Crippen LogP) is 5.55. The van der Waals surface area contributed by atoms with Gasteiger partial charge < -0.3 is 5.11 Å². The molecule has 1 aliphatic rings. The first kappa shape index (κ1) is 16.7. The van der Waals surface area contributed by atoms with E-state index < -0.39 is 11.6 Å². The van der Waals surface area contributed by atoms with Crippen LogP contribution in [0.2, 0.25) is 0 Å². The molecule has 1 fully saturated rings. The first-order valence-corrected chi connectivity index (χ1v) is 8.24. The summed E-state index contributed by atoms with van der Waals surface area (Å²) >= 11 is -0.121. The lowest BCUT2D eigenvalue weighted by Gasteiger charge is -2.32. The fourth-order valence-corrected chi connectivity index (χ4v) is 3.67. The molecule has 1 aromatic rings. The van der Waals surface area contributed by atoms with Crippen LogP contribution < -0.4 is 0 Å². The summed E-state index contributed by atoms with van der Waals surface area (Å²) in [5.41, 5.74) is -3.54. The molecule has 2 rings (SSSR count). The molecule has 1 aliphatic carbocycles. The van der Waals surface area contributed by atoms with E-state index in [1.54, 1.807) is 12.1 Å². The number of hydrogen-bond acceptors (Lipinski definition) is 2. The van der Waals surface area contributed by atoms with E-state index in [2.05, 4.69) is 6.92 Å². The van der Waals surface area contributed by atoms with Crippen LogP contribution >= 0.6 is 11.8 Å². The van der Waals surface area contributed by atoms with Crippen molar-refractivity contribution in [2.45, 2.75) is 55.5 Å². The SMILES string of the molecule is CCC1CCCC(C(O)c2ccc(SC(F)(F)F)cc2)C1. The van der Waals surface area contributed by atoms with Gasteiger partial charge in [0.25, 0.3) is 0 Å². The quantitative estimate of drug-likeness (QED) is 0.735. The Hall–Kier alpha value is -0.680. The van der Waals surface area contributed by atoms with Crippen molar-refractivity contribution in [3.8, 4) is 0 Å². The van der Waals surface area contributed by atoms with Crippen molar-refractivity contribution in [3.63, 3.8) is 0 Å². The third kappa shape index (κ3) is 4.92. The molecule has 1 N–H and O–H groups in total. The largest absolute Gasteiger partial charge is 0.446 e. The number of alkyl halides is 3. The van der Waals surface area contributed by atoms with Gasteiger partial charge in [0.05, 0.1) is 6.10 Å². The lowest BCUT2D eigenvalue weighted by atomic mass is 9.76. The van der Waals surface area contributed by atoms with Crippen LogP contribution in [0.25, 0.3) is 0 Å². The summed E-state index contributed by atoms with van der Waals surface area (Å²) < 4.78 is 36.9. The second-order valence-corrected chi connectivity index (χ2v) is 6.90. The Morgan fingerprint density at radius 3 is 2.48 bits per heavy atom. The van der Waals surface area contributed by atoms with Gasteiger partial charge in [-0.05, 0) is 54.1 Å². The Bertz CT molecular complexity index is 444. The van der Waals surface area contributed by atoms with Gasteiger partial charge in [-0.2, -0.15) is 13.2 Å². The van der Waals surface area contributed by atoms with Crippen molar-refractivity contribution in [1.29, 1.82) is 0 Å². The van der Waals surface area contributed by atoms with Crippen LogP contribution in [0.1, 0.15) is 50.7 Å². The standard InChI is InChI=1S/C16H21F3OS/c1-2-11-4-3-5-13(10-11)15(20)12-6-8-14(9-7-12)21-16(17,18)19/h6-9,11,13,15,20H,2-5,10H2,1H3. The average Bonchev–Trinajstić information content (AvgIpc) is 2.46. The fourth-order valence-electron chi connectivity index (χ4n) is 3.13. The van der Waals surface area contributed by atoms with E-state index in [0.717, 1.165) is 31.2 Å². The molecule has 0 amide bonds. The van der Waals surface area contributed by atoms with Crippen molar-refractivity contribution < 1.29 is 18.3 Å². The highest BCUT2D eigenvalue weighted by Gasteiger charge is 2.30. The summed E-state index contributed by atoms with van der Waals surface area (Å²) in [5.74, 6) is 0.892. The minimum Gasteiger partial charge on any atom is -0.388 e. The predicted molar refractivity (Wildman–Crippen MR) is 79.1 cm³/mol. The van der Waals surface area contributed by atoms with Gasteiger partial charge in [0.1, 0.15) is 0 Å². The Labute approximate surface area is 127 Å². The summed E-state index contributed by atoms with van der Waals surface area (Å²) in [6.07, 6.45) is 4.92. The number of thioether (sulfide) groups is 1. The van der Waals surface area contributed by atoms with Gasteiger partial charge in [-0.1, -0.05) is 38.3 Å². The molecule has 3 unspecified atom stereocenters. The van der Waals surface area contributed by atoms with E-state index in [1.165, 1.54) is 18.6 Å². The number of aliphatic hydroxyl groups is 1. The molecule has 0 saturated heterocycles. The van der Waals surface area contributed by atoms with Crippen LogP contribution in [-0.4, -0.2) is 10.6 Å². The molecule has 0 spiro atoms. The van der Waals surface area contributed by atoms with Crippen LogP contribution in [0.4, 0.5) is 13.2 Å². The summed E-state index contributed by atoms with van der Waals surface area (Å²) in [5, 5.41) is 10.5. The Morgan fingerprint density at radius 2 is 1.90 bits per heavy atom. The summed E-state index contributed by atoms with van der Waals surface area (Å²) in [4.78, 5) is 0.161. The van der Waals surface area contributed by atoms with E-state index in [0.29, 0.717) is 5.92 Å². The van der Waals surface area contributed by atoms with Crippen molar-refractivity contribution >= 4 is 11.8 Å². The maximum absolute atomic E-state index is 12.3. The highest BCUT2D eigenvalue weighted by Crippen LogP contribution is 2.40. The molecule has 1 aromatic carbocycles. The second-order valence-electron chi connectivity index (χ2n) is 5.76. The summed E-state index contributed by atoms with van der Waals surface area (Å²) in [6.45, 7) is 2.17. The Kier molecular flexibility index (Phi) is 5.60. The smallest absolute Gasteiger partial charge is 0.388 e. The lowest BCUT2D eigenvalue weighted by Crippen LogP contribution is -2.21. The number of halogens is 3. The molecule has 21 heavy (non-hydrogen) atoms. The number of hydrogen-bond donors (Lipinski definition) is 1. The van der Waals surface area contributed by atoms with E-state index >= 15 is 0 Å². The van der Waals surface area contributed by atoms with Crippen LogP contribution in [0, 0.1) is 11.8 Å². The maximum atomic E-state index is 12.3. The molecule has 0 aliphatic heterocycles. The first-order chi connectivity index (χ1) is 9.89. The van der Waals surface area contributed by atoms with Gasteiger partial charge in [0.2, 0.25) is 0 Å². The highest BCUT2D eigenvalue weighted by molar-refractivity contribution is 8.00. The molecule has 0 bridgehead atoms. The van der Waals surface area contributed by atoms with Crippen LogP contribution in [-0.2, 0) is 0 Å². The molecule has 1 nitrogen and oxygen atoms in total. The third-order valence-electron chi connectivity index (χ3n) is 4.30. The topological polar surface area (TPSA) is 20.2 Å². The molecule has 3 atom stereocenters. The Morgan fingerprint density at radius 1 is 1.24 bits per heavy atom. The first-order valence-electron chi connectivity index (χ1n) is 7.43. The molecule has 1 saturated carbocycles. The fraction of sp³-hybridized carbons (Fsp3) is 0.625. The van der Waals surface area contributed by atoms with Crippen molar-refractivity contribution in [3.05, 3.63) is 29.8 Å². The highest BCUT2D eigenvalue weighted by atomic mass is 32.2. The second kappa shape index (κ2) is 7.05. The van der Waals surface area contributed by atoms with Gasteiger partial charge in [-0.25, -0.2) is 0 Å². The molecular formula is C16H21F3OS. The lowest BCUT2D eigenvalue weighted by molar-refractivity contribution is -0.0328. The molecule has 0 radical (unpaired) electrons. The van der Waals surface area contributed by atoms with Gasteiger partial charge >= 0.3 is 5.51 Å². The van der Waals surface area contributed by atoms with Crippen molar-refractivity contribution in [2.24, 2.45) is 11.8 Å². The third-order valence-corrected chi connectivity index (χ3v) is 5.04. The van der Waals surface area contributed by atoms with E-state index in [9.17, 15) is 18.3 Å². The van der Waals surface area contributed by atoms with Gasteiger partial charge in [-0.3, -0.25) is 0 Å². The number of aliphatic hydroxyl groups excluding tert-OH is 1. The minimum absolute atomic E-state index is 0.121. The van der Waals surface area contributed by atoms with Crippen molar-refractivity contribution in [1.82, 2.24) is 0 Å². The normalized spacial score (nSPS) is 24.8. The van der Waals surface area contributed by atoms with Gasteiger partial charge in [0, 0.05) is 4.90 Å².